The second-order valence-electron chi connectivity index (χ2n) is 7.21. The van der Waals surface area contributed by atoms with Gasteiger partial charge in [-0.3, -0.25) is 0 Å². The van der Waals surface area contributed by atoms with Gasteiger partial charge in [-0.15, -0.1) is 0 Å². The van der Waals surface area contributed by atoms with Crippen LogP contribution in [0.1, 0.15) is 32.6 Å². The van der Waals surface area contributed by atoms with Crippen molar-refractivity contribution < 1.29 is 13.9 Å². The van der Waals surface area contributed by atoms with Crippen LogP contribution in [0.5, 0.6) is 0 Å². The minimum Gasteiger partial charge on any atom is -0.450 e. The molecule has 1 aliphatic rings. The molecule has 1 saturated carbocycles. The molecule has 1 aliphatic carbocycles. The Hall–Kier alpha value is -2.94. The zero-order valence-corrected chi connectivity index (χ0v) is 17.2. The number of carbonyl (C=O) groups is 1. The molecule has 30 heavy (non-hydrogen) atoms. The molecule has 1 amide bonds. The number of aromatic amines is 1. The van der Waals surface area contributed by atoms with Gasteiger partial charge in [0.2, 0.25) is 0 Å². The van der Waals surface area contributed by atoms with Crippen molar-refractivity contribution in [3.8, 4) is 11.4 Å². The highest BCUT2D eigenvalue weighted by Crippen LogP contribution is 2.29. The second kappa shape index (κ2) is 8.83. The zero-order valence-electron chi connectivity index (χ0n) is 16.4. The minimum absolute atomic E-state index is 0.0259. The van der Waals surface area contributed by atoms with Crippen LogP contribution in [0, 0.1) is 5.82 Å². The van der Waals surface area contributed by atoms with E-state index in [0.29, 0.717) is 35.1 Å². The summed E-state index contributed by atoms with van der Waals surface area (Å²) in [5.41, 5.74) is 1.34. The third kappa shape index (κ3) is 4.46. The molecule has 4 rings (SSSR count). The van der Waals surface area contributed by atoms with E-state index in [0.717, 1.165) is 30.8 Å². The van der Waals surface area contributed by atoms with Gasteiger partial charge in [0.15, 0.2) is 17.5 Å². The van der Waals surface area contributed by atoms with Crippen LogP contribution in [0.2, 0.25) is 5.02 Å². The number of aromatic nitrogens is 4. The van der Waals surface area contributed by atoms with Crippen LogP contribution < -0.4 is 10.6 Å². The Balaban J connectivity index is 1.52. The Morgan fingerprint density at radius 1 is 1.33 bits per heavy atom. The van der Waals surface area contributed by atoms with Gasteiger partial charge in [0.05, 0.1) is 17.8 Å². The van der Waals surface area contributed by atoms with E-state index >= 15 is 0 Å². The third-order valence-electron chi connectivity index (χ3n) is 5.10. The fourth-order valence-electron chi connectivity index (χ4n) is 3.75. The number of carbonyl (C=O) groups excluding carboxylic acids is 1. The number of hydrogen-bond acceptors (Lipinski definition) is 6. The molecule has 8 nitrogen and oxygen atoms in total. The Morgan fingerprint density at radius 2 is 2.17 bits per heavy atom. The first-order valence-electron chi connectivity index (χ1n) is 9.89. The van der Waals surface area contributed by atoms with Gasteiger partial charge in [0.1, 0.15) is 5.65 Å². The lowest BCUT2D eigenvalue weighted by molar-refractivity contribution is 0.144. The second-order valence-corrected chi connectivity index (χ2v) is 7.65. The van der Waals surface area contributed by atoms with E-state index in [4.69, 9.17) is 16.3 Å². The summed E-state index contributed by atoms with van der Waals surface area (Å²) in [7, 11) is 0. The highest BCUT2D eigenvalue weighted by atomic mass is 35.5. The summed E-state index contributed by atoms with van der Waals surface area (Å²) in [5, 5.41) is 7.29. The van der Waals surface area contributed by atoms with Gasteiger partial charge in [0, 0.05) is 35.4 Å². The molecule has 0 spiro atoms. The Kier molecular flexibility index (Phi) is 5.98. The van der Waals surface area contributed by atoms with E-state index in [9.17, 15) is 9.18 Å². The largest absolute Gasteiger partial charge is 0.450 e. The van der Waals surface area contributed by atoms with Crippen molar-refractivity contribution in [2.75, 3.05) is 11.9 Å². The summed E-state index contributed by atoms with van der Waals surface area (Å²) in [6.07, 6.45) is 7.27. The predicted octanol–water partition coefficient (Wildman–Crippen LogP) is 4.28. The summed E-state index contributed by atoms with van der Waals surface area (Å²) in [4.78, 5) is 27.5. The fraction of sp³-hybridized carbons (Fsp3) is 0.400. The average Bonchev–Trinajstić information content (AvgIpc) is 3.13. The highest BCUT2D eigenvalue weighted by Gasteiger charge is 2.25. The standard InChI is InChI=1S/C20H22ClFN6O2/c1-2-30-20(29)27-13-5-3-4-12(7-13)26-19-16(22)10-25-18(28-19)15-9-24-17-14(15)6-11(21)8-23-17/h6,8-10,12-13H,2-5,7H2,1H3,(H,23,24)(H,27,29)(H,25,26,28). The van der Waals surface area contributed by atoms with Crippen LogP contribution in [-0.2, 0) is 4.74 Å². The molecule has 1 fully saturated rings. The Morgan fingerprint density at radius 3 is 3.00 bits per heavy atom. The van der Waals surface area contributed by atoms with Gasteiger partial charge in [-0.05, 0) is 38.7 Å². The molecule has 3 aromatic rings. The highest BCUT2D eigenvalue weighted by molar-refractivity contribution is 6.31. The first-order chi connectivity index (χ1) is 14.5. The lowest BCUT2D eigenvalue weighted by Gasteiger charge is -2.30. The van der Waals surface area contributed by atoms with Gasteiger partial charge >= 0.3 is 6.09 Å². The minimum atomic E-state index is -0.532. The fourth-order valence-corrected chi connectivity index (χ4v) is 3.90. The third-order valence-corrected chi connectivity index (χ3v) is 5.30. The summed E-state index contributed by atoms with van der Waals surface area (Å²) in [5.74, 6) is -0.0347. The number of rotatable bonds is 5. The molecular formula is C20H22ClFN6O2. The van der Waals surface area contributed by atoms with Crippen molar-refractivity contribution in [1.29, 1.82) is 0 Å². The van der Waals surface area contributed by atoms with Crippen LogP contribution in [0.3, 0.4) is 0 Å². The number of fused-ring (bicyclic) bond motifs is 1. The Bertz CT molecular complexity index is 1060. The van der Waals surface area contributed by atoms with E-state index in [1.165, 1.54) is 0 Å². The molecule has 2 atom stereocenters. The van der Waals surface area contributed by atoms with Crippen LogP contribution in [0.25, 0.3) is 22.4 Å². The summed E-state index contributed by atoms with van der Waals surface area (Å²) in [6, 6.07) is 1.71. The number of nitrogens with one attached hydrogen (secondary N) is 3. The van der Waals surface area contributed by atoms with Gasteiger partial charge < -0.3 is 20.4 Å². The van der Waals surface area contributed by atoms with Crippen molar-refractivity contribution in [1.82, 2.24) is 25.3 Å². The summed E-state index contributed by atoms with van der Waals surface area (Å²) in [6.45, 7) is 2.09. The first kappa shape index (κ1) is 20.3. The number of anilines is 1. The number of halogens is 2. The van der Waals surface area contributed by atoms with E-state index in [1.54, 1.807) is 25.4 Å². The predicted molar refractivity (Wildman–Crippen MR) is 112 cm³/mol. The lowest BCUT2D eigenvalue weighted by atomic mass is 9.91. The number of nitrogens with zero attached hydrogens (tertiary/aromatic N) is 3. The van der Waals surface area contributed by atoms with Crippen molar-refractivity contribution >= 4 is 34.5 Å². The van der Waals surface area contributed by atoms with E-state index in [-0.39, 0.29) is 17.9 Å². The molecule has 10 heteroatoms. The van der Waals surface area contributed by atoms with E-state index in [2.05, 4.69) is 30.6 Å². The van der Waals surface area contributed by atoms with Gasteiger partial charge in [-0.25, -0.2) is 24.1 Å². The van der Waals surface area contributed by atoms with Crippen LogP contribution in [0.15, 0.2) is 24.7 Å². The number of amides is 1. The molecule has 0 radical (unpaired) electrons. The van der Waals surface area contributed by atoms with Crippen molar-refractivity contribution in [2.45, 2.75) is 44.7 Å². The first-order valence-corrected chi connectivity index (χ1v) is 10.3. The zero-order chi connectivity index (χ0) is 21.1. The summed E-state index contributed by atoms with van der Waals surface area (Å²) >= 11 is 6.06. The summed E-state index contributed by atoms with van der Waals surface area (Å²) < 4.78 is 19.4. The molecular weight excluding hydrogens is 411 g/mol. The molecule has 3 heterocycles. The van der Waals surface area contributed by atoms with Crippen molar-refractivity contribution in [3.05, 3.63) is 35.5 Å². The maximum Gasteiger partial charge on any atom is 0.407 e. The SMILES string of the molecule is CCOC(=O)NC1CCCC(Nc2nc(-c3c[nH]c4ncc(Cl)cc34)ncc2F)C1. The maximum absolute atomic E-state index is 14.4. The van der Waals surface area contributed by atoms with Crippen LogP contribution in [0.4, 0.5) is 15.0 Å². The topological polar surface area (TPSA) is 105 Å². The molecule has 158 valence electrons. The van der Waals surface area contributed by atoms with Gasteiger partial charge in [-0.1, -0.05) is 11.6 Å². The smallest absolute Gasteiger partial charge is 0.407 e. The van der Waals surface area contributed by atoms with Gasteiger partial charge in [-0.2, -0.15) is 0 Å². The maximum atomic E-state index is 14.4. The van der Waals surface area contributed by atoms with Crippen molar-refractivity contribution in [3.63, 3.8) is 0 Å². The molecule has 3 aromatic heterocycles. The molecule has 0 aliphatic heterocycles. The normalized spacial score (nSPS) is 18.9. The van der Waals surface area contributed by atoms with E-state index in [1.807, 2.05) is 0 Å². The molecule has 3 N–H and O–H groups in total. The number of alkyl carbamates (subject to hydrolysis) is 1. The number of ether oxygens (including phenoxy) is 1. The molecule has 0 aromatic carbocycles. The lowest BCUT2D eigenvalue weighted by Crippen LogP contribution is -2.42. The molecule has 0 bridgehead atoms. The van der Waals surface area contributed by atoms with Crippen molar-refractivity contribution in [2.24, 2.45) is 0 Å². The Labute approximate surface area is 177 Å². The molecule has 2 unspecified atom stereocenters. The van der Waals surface area contributed by atoms with Crippen LogP contribution in [-0.4, -0.2) is 44.7 Å². The monoisotopic (exact) mass is 432 g/mol. The number of pyridine rings is 1. The van der Waals surface area contributed by atoms with E-state index < -0.39 is 11.9 Å². The van der Waals surface area contributed by atoms with Gasteiger partial charge in [0.25, 0.3) is 0 Å². The van der Waals surface area contributed by atoms with Crippen LogP contribution >= 0.6 is 11.6 Å². The molecule has 0 saturated heterocycles. The number of H-pyrrole nitrogens is 1. The number of hydrogen-bond donors (Lipinski definition) is 3. The average molecular weight is 433 g/mol. The quantitative estimate of drug-likeness (QED) is 0.555.